The van der Waals surface area contributed by atoms with Crippen molar-refractivity contribution in [2.75, 3.05) is 13.2 Å². The molecule has 0 amide bonds. The van der Waals surface area contributed by atoms with Crippen LogP contribution in [0.2, 0.25) is 0 Å². The van der Waals surface area contributed by atoms with Crippen molar-refractivity contribution in [2.45, 2.75) is 136 Å². The number of ether oxygens (including phenoxy) is 2. The van der Waals surface area contributed by atoms with Gasteiger partial charge in [-0.05, 0) is 44.9 Å². The van der Waals surface area contributed by atoms with Crippen LogP contribution in [0.5, 0.6) is 0 Å². The van der Waals surface area contributed by atoms with Crippen molar-refractivity contribution in [3.05, 3.63) is 12.2 Å². The average Bonchev–Trinajstić information content (AvgIpc) is 2.77. The van der Waals surface area contributed by atoms with Gasteiger partial charge >= 0.3 is 11.9 Å². The van der Waals surface area contributed by atoms with Crippen molar-refractivity contribution in [2.24, 2.45) is 0 Å². The van der Waals surface area contributed by atoms with Crippen LogP contribution in [0.15, 0.2) is 12.2 Å². The summed E-state index contributed by atoms with van der Waals surface area (Å²) < 4.78 is 10.4. The number of rotatable bonds is 23. The zero-order valence-electron chi connectivity index (χ0n) is 20.6. The highest BCUT2D eigenvalue weighted by Crippen LogP contribution is 2.11. The first kappa shape index (κ1) is 29.7. The van der Waals surface area contributed by atoms with Crippen molar-refractivity contribution in [1.82, 2.24) is 0 Å². The first-order chi connectivity index (χ1) is 15.2. The van der Waals surface area contributed by atoms with Gasteiger partial charge in [-0.15, -0.1) is 0 Å². The number of carbonyl (C=O) groups is 2. The molecule has 0 aliphatic heterocycles. The molecule has 0 radical (unpaired) electrons. The summed E-state index contributed by atoms with van der Waals surface area (Å²) in [6, 6.07) is 0. The zero-order chi connectivity index (χ0) is 22.8. The fourth-order valence-corrected chi connectivity index (χ4v) is 3.50. The molecule has 182 valence electrons. The highest BCUT2D eigenvalue weighted by Gasteiger charge is 2.04. The van der Waals surface area contributed by atoms with E-state index >= 15 is 0 Å². The van der Waals surface area contributed by atoms with Gasteiger partial charge in [0, 0.05) is 12.8 Å². The van der Waals surface area contributed by atoms with Gasteiger partial charge < -0.3 is 9.47 Å². The summed E-state index contributed by atoms with van der Waals surface area (Å²) in [4.78, 5) is 23.1. The highest BCUT2D eigenvalue weighted by molar-refractivity contribution is 5.69. The Labute approximate surface area is 192 Å². The van der Waals surface area contributed by atoms with Crippen molar-refractivity contribution in [3.8, 4) is 0 Å². The van der Waals surface area contributed by atoms with Crippen LogP contribution in [0.4, 0.5) is 0 Å². The first-order valence-corrected chi connectivity index (χ1v) is 13.2. The summed E-state index contributed by atoms with van der Waals surface area (Å²) in [5, 5.41) is 0. The maximum absolute atomic E-state index is 11.8. The molecule has 4 nitrogen and oxygen atoms in total. The summed E-state index contributed by atoms with van der Waals surface area (Å²) >= 11 is 0. The molecule has 0 bridgehead atoms. The molecule has 0 saturated heterocycles. The summed E-state index contributed by atoms with van der Waals surface area (Å²) in [5.41, 5.74) is 0. The van der Waals surface area contributed by atoms with Crippen LogP contribution in [0, 0.1) is 0 Å². The zero-order valence-corrected chi connectivity index (χ0v) is 20.6. The van der Waals surface area contributed by atoms with E-state index in [2.05, 4.69) is 19.1 Å². The lowest BCUT2D eigenvalue weighted by Crippen LogP contribution is -2.05. The van der Waals surface area contributed by atoms with E-state index in [1.54, 1.807) is 0 Å². The standard InChI is InChI=1S/C27H50O4/c1-3-5-6-7-8-9-10-11-12-15-18-21-25-31-27(29)23-20-17-14-13-16-19-22-26(28)30-24-4-2/h5-6H,3-4,7-25H2,1-2H3/b6-5-. The smallest absolute Gasteiger partial charge is 0.305 e. The van der Waals surface area contributed by atoms with Gasteiger partial charge in [-0.2, -0.15) is 0 Å². The Morgan fingerprint density at radius 1 is 0.548 bits per heavy atom. The second kappa shape index (κ2) is 24.9. The Balaban J connectivity index is 3.23. The first-order valence-electron chi connectivity index (χ1n) is 13.2. The Morgan fingerprint density at radius 3 is 1.52 bits per heavy atom. The van der Waals surface area contributed by atoms with Crippen LogP contribution >= 0.6 is 0 Å². The molecular weight excluding hydrogens is 388 g/mol. The lowest BCUT2D eigenvalue weighted by molar-refractivity contribution is -0.144. The van der Waals surface area contributed by atoms with Gasteiger partial charge in [0.2, 0.25) is 0 Å². The number of esters is 2. The van der Waals surface area contributed by atoms with E-state index in [1.165, 1.54) is 51.4 Å². The molecule has 31 heavy (non-hydrogen) atoms. The summed E-state index contributed by atoms with van der Waals surface area (Å²) in [6.45, 7) is 5.30. The number of carbonyl (C=O) groups excluding carboxylic acids is 2. The van der Waals surface area contributed by atoms with Crippen LogP contribution in [0.25, 0.3) is 0 Å². The Kier molecular flexibility index (Phi) is 23.9. The minimum atomic E-state index is -0.0735. The van der Waals surface area contributed by atoms with Crippen molar-refractivity contribution in [3.63, 3.8) is 0 Å². The topological polar surface area (TPSA) is 52.6 Å². The number of unbranched alkanes of at least 4 members (excludes halogenated alkanes) is 13. The molecule has 0 aromatic carbocycles. The third-order valence-corrected chi connectivity index (χ3v) is 5.41. The fourth-order valence-electron chi connectivity index (χ4n) is 3.50. The third-order valence-electron chi connectivity index (χ3n) is 5.41. The molecule has 0 unspecified atom stereocenters. The quantitative estimate of drug-likeness (QED) is 0.0919. The summed E-state index contributed by atoms with van der Waals surface area (Å²) in [5.74, 6) is -0.119. The van der Waals surface area contributed by atoms with Gasteiger partial charge in [0.25, 0.3) is 0 Å². The van der Waals surface area contributed by atoms with Gasteiger partial charge in [0.1, 0.15) is 0 Å². The molecule has 0 spiro atoms. The Bertz CT molecular complexity index is 431. The number of allylic oxidation sites excluding steroid dienone is 2. The number of hydrogen-bond acceptors (Lipinski definition) is 4. The SMILES string of the molecule is CC/C=C\CCCCCCCCCCOC(=O)CCCCCCCCC(=O)OCCC. The van der Waals surface area contributed by atoms with Crippen LogP contribution in [0.1, 0.15) is 136 Å². The van der Waals surface area contributed by atoms with Gasteiger partial charge in [-0.1, -0.05) is 90.2 Å². The van der Waals surface area contributed by atoms with E-state index in [1.807, 2.05) is 6.92 Å². The van der Waals surface area contributed by atoms with E-state index in [0.29, 0.717) is 26.1 Å². The fraction of sp³-hybridized carbons (Fsp3) is 0.852. The molecule has 0 rings (SSSR count). The largest absolute Gasteiger partial charge is 0.466 e. The summed E-state index contributed by atoms with van der Waals surface area (Å²) in [7, 11) is 0. The molecule has 0 aromatic rings. The second-order valence-corrected chi connectivity index (χ2v) is 8.56. The average molecular weight is 439 g/mol. The molecule has 0 heterocycles. The predicted molar refractivity (Wildman–Crippen MR) is 130 cm³/mol. The lowest BCUT2D eigenvalue weighted by atomic mass is 10.1. The van der Waals surface area contributed by atoms with Crippen LogP contribution in [-0.2, 0) is 19.1 Å². The maximum atomic E-state index is 11.8. The van der Waals surface area contributed by atoms with Crippen LogP contribution in [0.3, 0.4) is 0 Å². The minimum Gasteiger partial charge on any atom is -0.466 e. The van der Waals surface area contributed by atoms with Gasteiger partial charge in [-0.3, -0.25) is 9.59 Å². The monoisotopic (exact) mass is 438 g/mol. The minimum absolute atomic E-state index is 0.0456. The Hall–Kier alpha value is -1.32. The van der Waals surface area contributed by atoms with Gasteiger partial charge in [-0.25, -0.2) is 0 Å². The van der Waals surface area contributed by atoms with Crippen molar-refractivity contribution >= 4 is 11.9 Å². The Morgan fingerprint density at radius 2 is 1.00 bits per heavy atom. The summed E-state index contributed by atoms with van der Waals surface area (Å²) in [6.07, 6.45) is 25.1. The maximum Gasteiger partial charge on any atom is 0.305 e. The molecular formula is C27H50O4. The highest BCUT2D eigenvalue weighted by atomic mass is 16.5. The third kappa shape index (κ3) is 24.8. The molecule has 0 aromatic heterocycles. The molecule has 0 aliphatic carbocycles. The second-order valence-electron chi connectivity index (χ2n) is 8.56. The molecule has 4 heteroatoms. The van der Waals surface area contributed by atoms with E-state index in [4.69, 9.17) is 9.47 Å². The molecule has 0 atom stereocenters. The van der Waals surface area contributed by atoms with E-state index in [-0.39, 0.29) is 11.9 Å². The van der Waals surface area contributed by atoms with Crippen molar-refractivity contribution < 1.29 is 19.1 Å². The van der Waals surface area contributed by atoms with E-state index < -0.39 is 0 Å². The predicted octanol–water partition coefficient (Wildman–Crippen LogP) is 8.08. The van der Waals surface area contributed by atoms with Crippen LogP contribution < -0.4 is 0 Å². The molecule has 0 aliphatic rings. The molecule has 0 N–H and O–H groups in total. The van der Waals surface area contributed by atoms with Gasteiger partial charge in [0.05, 0.1) is 13.2 Å². The van der Waals surface area contributed by atoms with E-state index in [9.17, 15) is 9.59 Å². The van der Waals surface area contributed by atoms with Crippen LogP contribution in [-0.4, -0.2) is 25.2 Å². The van der Waals surface area contributed by atoms with Gasteiger partial charge in [0.15, 0.2) is 0 Å². The number of hydrogen-bond donors (Lipinski definition) is 0. The normalized spacial score (nSPS) is 11.2. The van der Waals surface area contributed by atoms with E-state index in [0.717, 1.165) is 57.8 Å². The van der Waals surface area contributed by atoms with Crippen molar-refractivity contribution in [1.29, 1.82) is 0 Å². The molecule has 0 saturated carbocycles. The lowest BCUT2D eigenvalue weighted by Gasteiger charge is -2.06. The molecule has 0 fully saturated rings.